The van der Waals surface area contributed by atoms with Crippen LogP contribution in [0.3, 0.4) is 0 Å². The summed E-state index contributed by atoms with van der Waals surface area (Å²) in [4.78, 5) is 10.3. The van der Waals surface area contributed by atoms with Gasteiger partial charge in [-0.15, -0.1) is 0 Å². The average Bonchev–Trinajstić information content (AvgIpc) is 2.25. The van der Waals surface area contributed by atoms with E-state index in [9.17, 15) is 13.6 Å². The van der Waals surface area contributed by atoms with Crippen molar-refractivity contribution >= 4 is 27.6 Å². The number of carbonyl (C=O) groups is 1. The molecule has 0 heterocycles. The van der Waals surface area contributed by atoms with Gasteiger partial charge >= 0.3 is 5.97 Å². The van der Waals surface area contributed by atoms with Crippen molar-refractivity contribution in [1.29, 1.82) is 0 Å². The molecule has 2 N–H and O–H groups in total. The zero-order chi connectivity index (χ0) is 13.5. The van der Waals surface area contributed by atoms with Crippen LogP contribution >= 0.6 is 15.9 Å². The van der Waals surface area contributed by atoms with Crippen LogP contribution < -0.4 is 5.32 Å². The number of hydrogen-bond donors (Lipinski definition) is 2. The molecule has 0 aliphatic heterocycles. The lowest BCUT2D eigenvalue weighted by Gasteiger charge is -2.09. The Balaban J connectivity index is 2.33. The summed E-state index contributed by atoms with van der Waals surface area (Å²) in [6.45, 7) is 0.515. The first-order valence-corrected chi connectivity index (χ1v) is 6.40. The Kier molecular flexibility index (Phi) is 6.04. The highest BCUT2D eigenvalue weighted by atomic mass is 79.9. The van der Waals surface area contributed by atoms with Gasteiger partial charge in [0.05, 0.1) is 5.69 Å². The Labute approximate surface area is 112 Å². The lowest BCUT2D eigenvalue weighted by Crippen LogP contribution is -2.05. The van der Waals surface area contributed by atoms with Crippen LogP contribution in [-0.2, 0) is 4.79 Å². The Hall–Kier alpha value is -1.17. The fourth-order valence-corrected chi connectivity index (χ4v) is 2.05. The van der Waals surface area contributed by atoms with Gasteiger partial charge in [-0.25, -0.2) is 8.78 Å². The van der Waals surface area contributed by atoms with Crippen molar-refractivity contribution in [1.82, 2.24) is 0 Å². The quantitative estimate of drug-likeness (QED) is 0.751. The van der Waals surface area contributed by atoms with E-state index in [0.29, 0.717) is 17.4 Å². The molecule has 0 aliphatic carbocycles. The first-order valence-electron chi connectivity index (χ1n) is 5.61. The van der Waals surface area contributed by atoms with Crippen molar-refractivity contribution in [3.63, 3.8) is 0 Å². The number of halogens is 3. The number of nitrogens with one attached hydrogen (secondary N) is 1. The molecule has 0 saturated carbocycles. The van der Waals surface area contributed by atoms with Crippen molar-refractivity contribution in [2.45, 2.75) is 25.7 Å². The van der Waals surface area contributed by atoms with Gasteiger partial charge in [0, 0.05) is 23.5 Å². The summed E-state index contributed by atoms with van der Waals surface area (Å²) in [6.07, 6.45) is 2.23. The first kappa shape index (κ1) is 14.9. The molecule has 0 aliphatic rings. The van der Waals surface area contributed by atoms with Gasteiger partial charge in [0.1, 0.15) is 11.6 Å². The molecule has 1 aromatic rings. The highest BCUT2D eigenvalue weighted by Crippen LogP contribution is 2.26. The third-order valence-electron chi connectivity index (χ3n) is 2.38. The lowest BCUT2D eigenvalue weighted by molar-refractivity contribution is -0.137. The maximum absolute atomic E-state index is 13.4. The van der Waals surface area contributed by atoms with E-state index in [0.717, 1.165) is 18.9 Å². The van der Waals surface area contributed by atoms with Gasteiger partial charge in [-0.05, 0) is 34.8 Å². The van der Waals surface area contributed by atoms with E-state index in [-0.39, 0.29) is 12.1 Å². The number of rotatable bonds is 7. The van der Waals surface area contributed by atoms with Crippen LogP contribution in [0.1, 0.15) is 25.7 Å². The Morgan fingerprint density at radius 2 is 2.00 bits per heavy atom. The van der Waals surface area contributed by atoms with Gasteiger partial charge in [-0.2, -0.15) is 0 Å². The van der Waals surface area contributed by atoms with Crippen LogP contribution in [0.5, 0.6) is 0 Å². The molecule has 0 fully saturated rings. The maximum atomic E-state index is 13.4. The molecule has 100 valence electrons. The van der Waals surface area contributed by atoms with E-state index in [4.69, 9.17) is 5.11 Å². The topological polar surface area (TPSA) is 49.3 Å². The summed E-state index contributed by atoms with van der Waals surface area (Å²) in [5.74, 6) is -2.09. The molecule has 1 aromatic carbocycles. The largest absolute Gasteiger partial charge is 0.481 e. The van der Waals surface area contributed by atoms with E-state index in [1.807, 2.05) is 0 Å². The number of carboxylic acids is 1. The highest BCUT2D eigenvalue weighted by molar-refractivity contribution is 9.10. The normalized spacial score (nSPS) is 10.4. The van der Waals surface area contributed by atoms with Crippen molar-refractivity contribution < 1.29 is 18.7 Å². The summed E-state index contributed by atoms with van der Waals surface area (Å²) in [5, 5.41) is 11.3. The van der Waals surface area contributed by atoms with E-state index in [2.05, 4.69) is 21.2 Å². The van der Waals surface area contributed by atoms with E-state index in [1.54, 1.807) is 0 Å². The van der Waals surface area contributed by atoms with Gasteiger partial charge < -0.3 is 10.4 Å². The summed E-state index contributed by atoms with van der Waals surface area (Å²) in [6, 6.07) is 2.01. The van der Waals surface area contributed by atoms with Crippen LogP contribution in [0.4, 0.5) is 14.5 Å². The van der Waals surface area contributed by atoms with Gasteiger partial charge in [-0.3, -0.25) is 4.79 Å². The monoisotopic (exact) mass is 321 g/mol. The molecule has 3 nitrogen and oxygen atoms in total. The lowest BCUT2D eigenvalue weighted by atomic mass is 10.2. The molecule has 0 bridgehead atoms. The molecule has 6 heteroatoms. The fraction of sp³-hybridized carbons (Fsp3) is 0.417. The van der Waals surface area contributed by atoms with E-state index >= 15 is 0 Å². The SMILES string of the molecule is O=C(O)CCCCCNc1c(F)cc(F)cc1Br. The number of hydrogen-bond acceptors (Lipinski definition) is 2. The second kappa shape index (κ2) is 7.31. The van der Waals surface area contributed by atoms with Crippen LogP contribution in [0.2, 0.25) is 0 Å². The van der Waals surface area contributed by atoms with E-state index < -0.39 is 17.6 Å². The Morgan fingerprint density at radius 1 is 1.28 bits per heavy atom. The van der Waals surface area contributed by atoms with Gasteiger partial charge in [0.25, 0.3) is 0 Å². The van der Waals surface area contributed by atoms with Gasteiger partial charge in [0.2, 0.25) is 0 Å². The second-order valence-electron chi connectivity index (χ2n) is 3.88. The third-order valence-corrected chi connectivity index (χ3v) is 3.00. The predicted octanol–water partition coefficient (Wildman–Crippen LogP) is 3.78. The molecule has 0 unspecified atom stereocenters. The zero-order valence-electron chi connectivity index (χ0n) is 9.68. The minimum Gasteiger partial charge on any atom is -0.481 e. The standard InChI is InChI=1S/C12H14BrF2NO2/c13-9-6-8(14)7-10(15)12(9)16-5-3-1-2-4-11(17)18/h6-7,16H,1-5H2,(H,17,18). The number of benzene rings is 1. The van der Waals surface area contributed by atoms with Crippen LogP contribution in [0, 0.1) is 11.6 Å². The first-order chi connectivity index (χ1) is 8.50. The zero-order valence-corrected chi connectivity index (χ0v) is 11.3. The smallest absolute Gasteiger partial charge is 0.303 e. The van der Waals surface area contributed by atoms with Crippen molar-refractivity contribution in [3.05, 3.63) is 28.2 Å². The summed E-state index contributed by atoms with van der Waals surface area (Å²) < 4.78 is 26.5. The van der Waals surface area contributed by atoms with Crippen LogP contribution in [-0.4, -0.2) is 17.6 Å². The number of anilines is 1. The number of unbranched alkanes of at least 4 members (excludes halogenated alkanes) is 2. The highest BCUT2D eigenvalue weighted by Gasteiger charge is 2.08. The summed E-state index contributed by atoms with van der Waals surface area (Å²) in [7, 11) is 0. The van der Waals surface area contributed by atoms with Crippen LogP contribution in [0.15, 0.2) is 16.6 Å². The molecule has 0 spiro atoms. The Bertz CT molecular complexity index is 404. The molecular weight excluding hydrogens is 308 g/mol. The van der Waals surface area contributed by atoms with Crippen LogP contribution in [0.25, 0.3) is 0 Å². The molecular formula is C12H14BrF2NO2. The second-order valence-corrected chi connectivity index (χ2v) is 4.73. The van der Waals surface area contributed by atoms with Gasteiger partial charge in [-0.1, -0.05) is 6.42 Å². The number of carboxylic acid groups (broad SMARTS) is 1. The summed E-state index contributed by atoms with van der Waals surface area (Å²) in [5.41, 5.74) is 0.231. The summed E-state index contributed by atoms with van der Waals surface area (Å²) >= 11 is 3.08. The molecule has 0 amide bonds. The van der Waals surface area contributed by atoms with Crippen molar-refractivity contribution in [2.24, 2.45) is 0 Å². The fourth-order valence-electron chi connectivity index (χ4n) is 1.50. The Morgan fingerprint density at radius 3 is 2.61 bits per heavy atom. The van der Waals surface area contributed by atoms with Gasteiger partial charge in [0.15, 0.2) is 0 Å². The predicted molar refractivity (Wildman–Crippen MR) is 68.7 cm³/mol. The maximum Gasteiger partial charge on any atom is 0.303 e. The molecule has 0 aromatic heterocycles. The number of aliphatic carboxylic acids is 1. The molecule has 1 rings (SSSR count). The molecule has 0 saturated heterocycles. The molecule has 18 heavy (non-hydrogen) atoms. The minimum absolute atomic E-state index is 0.147. The third kappa shape index (κ3) is 5.00. The average molecular weight is 322 g/mol. The van der Waals surface area contributed by atoms with E-state index in [1.165, 1.54) is 6.07 Å². The van der Waals surface area contributed by atoms with Crippen molar-refractivity contribution in [2.75, 3.05) is 11.9 Å². The molecule has 0 radical (unpaired) electrons. The van der Waals surface area contributed by atoms with Crippen molar-refractivity contribution in [3.8, 4) is 0 Å². The minimum atomic E-state index is -0.810. The molecule has 0 atom stereocenters.